The monoisotopic (exact) mass is 420 g/mol. The summed E-state index contributed by atoms with van der Waals surface area (Å²) in [4.78, 5) is 24.8. The zero-order valence-corrected chi connectivity index (χ0v) is 17.5. The summed E-state index contributed by atoms with van der Waals surface area (Å²) in [6.07, 6.45) is 1.59. The molecule has 0 unspecified atom stereocenters. The Labute approximate surface area is 180 Å². The fourth-order valence-corrected chi connectivity index (χ4v) is 3.24. The number of hydrogen-bond acceptors (Lipinski definition) is 5. The van der Waals surface area contributed by atoms with Crippen LogP contribution in [0.3, 0.4) is 0 Å². The number of carbonyl (C=O) groups is 1. The van der Waals surface area contributed by atoms with E-state index >= 15 is 0 Å². The van der Waals surface area contributed by atoms with E-state index in [1.807, 2.05) is 49.4 Å². The zero-order chi connectivity index (χ0) is 21.8. The first-order valence-electron chi connectivity index (χ1n) is 10.0. The first-order valence-corrected chi connectivity index (χ1v) is 10.0. The van der Waals surface area contributed by atoms with Gasteiger partial charge in [-0.15, -0.1) is 0 Å². The number of nitrogens with one attached hydrogen (secondary N) is 1. The van der Waals surface area contributed by atoms with Gasteiger partial charge < -0.3 is 24.1 Å². The van der Waals surface area contributed by atoms with E-state index in [2.05, 4.69) is 5.32 Å². The smallest absolute Gasteiger partial charge is 0.240 e. The Hall–Kier alpha value is -3.74. The van der Waals surface area contributed by atoms with Crippen LogP contribution in [0.15, 0.2) is 59.5 Å². The Morgan fingerprint density at radius 3 is 2.58 bits per heavy atom. The highest BCUT2D eigenvalue weighted by Gasteiger charge is 2.14. The molecule has 2 aromatic carbocycles. The normalized spacial score (nSPS) is 11.9. The van der Waals surface area contributed by atoms with Crippen molar-refractivity contribution in [1.82, 2.24) is 9.88 Å². The van der Waals surface area contributed by atoms with E-state index < -0.39 is 0 Å². The maximum atomic E-state index is 12.5. The molecular weight excluding hydrogens is 396 g/mol. The third-order valence-electron chi connectivity index (χ3n) is 5.06. The highest BCUT2D eigenvalue weighted by Crippen LogP contribution is 2.32. The number of ether oxygens (including phenoxy) is 3. The van der Waals surface area contributed by atoms with Gasteiger partial charge in [0.1, 0.15) is 13.2 Å². The first kappa shape index (κ1) is 20.5. The van der Waals surface area contributed by atoms with Gasteiger partial charge in [-0.1, -0.05) is 35.9 Å². The highest BCUT2D eigenvalue weighted by atomic mass is 16.7. The minimum absolute atomic E-state index is 0.0809. The van der Waals surface area contributed by atoms with Crippen molar-refractivity contribution in [2.45, 2.75) is 33.5 Å². The molecule has 1 N–H and O–H groups in total. The maximum Gasteiger partial charge on any atom is 0.240 e. The molecule has 0 fully saturated rings. The van der Waals surface area contributed by atoms with Crippen molar-refractivity contribution in [3.8, 4) is 17.2 Å². The summed E-state index contributed by atoms with van der Waals surface area (Å²) in [5.74, 6) is 1.43. The average Bonchev–Trinajstić information content (AvgIpc) is 3.22. The Kier molecular flexibility index (Phi) is 5.93. The van der Waals surface area contributed by atoms with Crippen molar-refractivity contribution in [3.05, 3.63) is 87.3 Å². The van der Waals surface area contributed by atoms with Crippen molar-refractivity contribution >= 4 is 5.91 Å². The van der Waals surface area contributed by atoms with Gasteiger partial charge in [0.15, 0.2) is 17.2 Å². The molecule has 1 aliphatic heterocycles. The fraction of sp³-hybridized carbons (Fsp3) is 0.250. The highest BCUT2D eigenvalue weighted by molar-refractivity contribution is 5.75. The van der Waals surface area contributed by atoms with Crippen LogP contribution in [-0.2, 0) is 24.5 Å². The lowest BCUT2D eigenvalue weighted by molar-refractivity contribution is -0.121. The molecule has 0 bridgehead atoms. The number of benzene rings is 2. The summed E-state index contributed by atoms with van der Waals surface area (Å²) in [5.41, 5.74) is 3.52. The first-order chi connectivity index (χ1) is 15.0. The van der Waals surface area contributed by atoms with Crippen molar-refractivity contribution in [3.63, 3.8) is 0 Å². The Bertz CT molecular complexity index is 1150. The molecule has 1 aliphatic rings. The van der Waals surface area contributed by atoms with Gasteiger partial charge in [0, 0.05) is 18.3 Å². The van der Waals surface area contributed by atoms with Gasteiger partial charge in [-0.05, 0) is 37.1 Å². The van der Waals surface area contributed by atoms with Crippen molar-refractivity contribution < 1.29 is 19.0 Å². The van der Waals surface area contributed by atoms with E-state index in [-0.39, 0.29) is 37.0 Å². The van der Waals surface area contributed by atoms with Gasteiger partial charge in [0.05, 0.1) is 6.20 Å². The molecule has 7 nitrogen and oxygen atoms in total. The maximum absolute atomic E-state index is 12.5. The van der Waals surface area contributed by atoms with E-state index in [1.54, 1.807) is 17.7 Å². The van der Waals surface area contributed by atoms with Crippen molar-refractivity contribution in [2.75, 3.05) is 6.79 Å². The van der Waals surface area contributed by atoms with Crippen LogP contribution in [0.1, 0.15) is 22.4 Å². The molecule has 0 saturated carbocycles. The summed E-state index contributed by atoms with van der Waals surface area (Å²) >= 11 is 0. The minimum Gasteiger partial charge on any atom is -0.483 e. The number of fused-ring (bicyclic) bond motifs is 1. The zero-order valence-electron chi connectivity index (χ0n) is 17.5. The minimum atomic E-state index is -0.207. The van der Waals surface area contributed by atoms with Gasteiger partial charge in [0.25, 0.3) is 0 Å². The summed E-state index contributed by atoms with van der Waals surface area (Å²) in [5, 5.41) is 2.89. The number of amides is 1. The van der Waals surface area contributed by atoms with Crippen LogP contribution in [0, 0.1) is 13.8 Å². The molecule has 1 aromatic heterocycles. The van der Waals surface area contributed by atoms with E-state index in [1.165, 1.54) is 6.07 Å². The predicted molar refractivity (Wildman–Crippen MR) is 115 cm³/mol. The summed E-state index contributed by atoms with van der Waals surface area (Å²) < 4.78 is 18.1. The van der Waals surface area contributed by atoms with E-state index in [4.69, 9.17) is 14.2 Å². The molecule has 0 radical (unpaired) electrons. The molecule has 160 valence electrons. The van der Waals surface area contributed by atoms with Gasteiger partial charge in [-0.2, -0.15) is 0 Å². The molecule has 0 aliphatic carbocycles. The number of rotatable bonds is 7. The van der Waals surface area contributed by atoms with E-state index in [0.29, 0.717) is 23.7 Å². The molecule has 4 rings (SSSR count). The SMILES string of the molecule is Cc1ccc(COc2cn(CC(=O)NCc3ccc4c(c3)OCO4)c(C)cc2=O)cc1. The third kappa shape index (κ3) is 5.06. The van der Waals surface area contributed by atoms with E-state index in [9.17, 15) is 9.59 Å². The van der Waals surface area contributed by atoms with Crippen LogP contribution in [0.25, 0.3) is 0 Å². The molecule has 0 spiro atoms. The standard InChI is InChI=1S/C24H24N2O5/c1-16-3-5-18(6-4-16)14-29-23-12-26(17(2)9-20(23)27)13-24(28)25-11-19-7-8-21-22(10-19)31-15-30-21/h3-10,12H,11,13-15H2,1-2H3,(H,25,28). The van der Waals surface area contributed by atoms with E-state index in [0.717, 1.165) is 16.7 Å². The molecule has 1 amide bonds. The Morgan fingerprint density at radius 1 is 1.03 bits per heavy atom. The van der Waals surface area contributed by atoms with Crippen LogP contribution in [0.2, 0.25) is 0 Å². The lowest BCUT2D eigenvalue weighted by Crippen LogP contribution is -2.28. The molecule has 0 saturated heterocycles. The van der Waals surface area contributed by atoms with Crippen LogP contribution in [0.4, 0.5) is 0 Å². The van der Waals surface area contributed by atoms with Crippen LogP contribution < -0.4 is 25.0 Å². The number of nitrogens with zero attached hydrogens (tertiary/aromatic N) is 1. The third-order valence-corrected chi connectivity index (χ3v) is 5.06. The van der Waals surface area contributed by atoms with Gasteiger partial charge in [0.2, 0.25) is 18.1 Å². The summed E-state index contributed by atoms with van der Waals surface area (Å²) in [6.45, 7) is 4.75. The summed E-state index contributed by atoms with van der Waals surface area (Å²) in [6, 6.07) is 15.0. The van der Waals surface area contributed by atoms with Gasteiger partial charge in [-0.3, -0.25) is 9.59 Å². The largest absolute Gasteiger partial charge is 0.483 e. The topological polar surface area (TPSA) is 78.8 Å². The lowest BCUT2D eigenvalue weighted by Gasteiger charge is -2.14. The molecule has 0 atom stereocenters. The second-order valence-electron chi connectivity index (χ2n) is 7.51. The van der Waals surface area contributed by atoms with Gasteiger partial charge >= 0.3 is 0 Å². The predicted octanol–water partition coefficient (Wildman–Crippen LogP) is 3.09. The number of carbonyl (C=O) groups excluding carboxylic acids is 1. The van der Waals surface area contributed by atoms with Crippen LogP contribution >= 0.6 is 0 Å². The lowest BCUT2D eigenvalue weighted by atomic mass is 10.2. The summed E-state index contributed by atoms with van der Waals surface area (Å²) in [7, 11) is 0. The second-order valence-corrected chi connectivity index (χ2v) is 7.51. The number of aromatic nitrogens is 1. The van der Waals surface area contributed by atoms with Crippen molar-refractivity contribution in [1.29, 1.82) is 0 Å². The molecule has 2 heterocycles. The molecule has 3 aromatic rings. The number of pyridine rings is 1. The molecule has 31 heavy (non-hydrogen) atoms. The van der Waals surface area contributed by atoms with Crippen molar-refractivity contribution in [2.24, 2.45) is 0 Å². The fourth-order valence-electron chi connectivity index (χ4n) is 3.24. The second kappa shape index (κ2) is 8.95. The molecular formula is C24H24N2O5. The number of hydrogen-bond donors (Lipinski definition) is 1. The Balaban J connectivity index is 1.38. The van der Waals surface area contributed by atoms with Gasteiger partial charge in [-0.25, -0.2) is 0 Å². The van der Waals surface area contributed by atoms with Crippen LogP contribution in [-0.4, -0.2) is 17.3 Å². The quantitative estimate of drug-likeness (QED) is 0.636. The Morgan fingerprint density at radius 2 is 1.77 bits per heavy atom. The molecule has 7 heteroatoms. The van der Waals surface area contributed by atoms with Crippen LogP contribution in [0.5, 0.6) is 17.2 Å². The number of aryl methyl sites for hydroxylation is 2. The average molecular weight is 420 g/mol.